The van der Waals surface area contributed by atoms with E-state index >= 15 is 0 Å². The van der Waals surface area contributed by atoms with Crippen molar-refractivity contribution >= 4 is 17.7 Å². The molecule has 136 valence electrons. The van der Waals surface area contributed by atoms with E-state index in [1.165, 1.54) is 20.0 Å². The lowest BCUT2D eigenvalue weighted by molar-refractivity contribution is -0.0574. The van der Waals surface area contributed by atoms with Crippen LogP contribution in [0.2, 0.25) is 0 Å². The van der Waals surface area contributed by atoms with Crippen LogP contribution in [0.15, 0.2) is 24.3 Å². The molecule has 0 spiro atoms. The lowest BCUT2D eigenvalue weighted by Crippen LogP contribution is -2.50. The van der Waals surface area contributed by atoms with Crippen LogP contribution in [0.5, 0.6) is 0 Å². The summed E-state index contributed by atoms with van der Waals surface area (Å²) in [7, 11) is 1.33. The Hall–Kier alpha value is -2.08. The number of likely N-dealkylation sites (tertiary alicyclic amines) is 1. The Morgan fingerprint density at radius 1 is 1.24 bits per heavy atom. The van der Waals surface area contributed by atoms with Crippen LogP contribution in [-0.2, 0) is 4.74 Å². The molecule has 1 aliphatic heterocycles. The van der Waals surface area contributed by atoms with E-state index in [9.17, 15) is 14.7 Å². The average Bonchev–Trinajstić information content (AvgIpc) is 3.17. The van der Waals surface area contributed by atoms with Crippen molar-refractivity contribution in [2.75, 3.05) is 25.5 Å². The van der Waals surface area contributed by atoms with Gasteiger partial charge in [-0.3, -0.25) is 0 Å². The highest BCUT2D eigenvalue weighted by atomic mass is 16.5. The average molecular weight is 346 g/mol. The van der Waals surface area contributed by atoms with Crippen LogP contribution in [0.3, 0.4) is 0 Å². The molecule has 2 N–H and O–H groups in total. The number of benzene rings is 1. The van der Waals surface area contributed by atoms with Crippen LogP contribution in [-0.4, -0.2) is 47.8 Å². The highest BCUT2D eigenvalue weighted by Gasteiger charge is 2.41. The summed E-state index contributed by atoms with van der Waals surface area (Å²) >= 11 is 0. The Labute approximate surface area is 148 Å². The quantitative estimate of drug-likeness (QED) is 0.825. The molecule has 0 unspecified atom stereocenters. The molecule has 1 saturated carbocycles. The largest absolute Gasteiger partial charge is 0.465 e. The summed E-state index contributed by atoms with van der Waals surface area (Å²) in [6.45, 7) is 1.10. The molecule has 6 heteroatoms. The van der Waals surface area contributed by atoms with Gasteiger partial charge in [0.25, 0.3) is 0 Å². The van der Waals surface area contributed by atoms with Gasteiger partial charge in [-0.15, -0.1) is 0 Å². The number of carbonyl (C=O) groups excluding carboxylic acids is 2. The second-order valence-corrected chi connectivity index (χ2v) is 7.07. The minimum atomic E-state index is -0.613. The maximum Gasteiger partial charge on any atom is 0.337 e. The van der Waals surface area contributed by atoms with Crippen molar-refractivity contribution in [1.82, 2.24) is 4.90 Å². The van der Waals surface area contributed by atoms with E-state index in [-0.39, 0.29) is 6.03 Å². The van der Waals surface area contributed by atoms with Gasteiger partial charge in [0.2, 0.25) is 0 Å². The number of ether oxygens (including phenoxy) is 1. The van der Waals surface area contributed by atoms with Crippen LogP contribution < -0.4 is 5.32 Å². The number of amides is 2. The first-order chi connectivity index (χ1) is 12.0. The number of anilines is 1. The normalized spacial score (nSPS) is 20.3. The fourth-order valence-electron chi connectivity index (χ4n) is 4.01. The van der Waals surface area contributed by atoms with Crippen molar-refractivity contribution in [2.45, 2.75) is 44.1 Å². The van der Waals surface area contributed by atoms with E-state index < -0.39 is 11.6 Å². The fraction of sp³-hybridized carbons (Fsp3) is 0.579. The Bertz CT molecular complexity index is 632. The number of methoxy groups -OCH3 is 1. The van der Waals surface area contributed by atoms with E-state index in [2.05, 4.69) is 5.32 Å². The second kappa shape index (κ2) is 7.44. The number of nitrogens with zero attached hydrogens (tertiary/aromatic N) is 1. The molecule has 25 heavy (non-hydrogen) atoms. The standard InChI is InChI=1S/C19H26N2O4/c1-25-17(22)14-5-4-8-16(13-14)20-18(23)21-11-9-19(24,10-12-21)15-6-2-3-7-15/h4-5,8,13,15,24H,2-3,6-7,9-12H2,1H3,(H,20,23). The smallest absolute Gasteiger partial charge is 0.337 e. The van der Waals surface area contributed by atoms with Gasteiger partial charge in [-0.05, 0) is 49.8 Å². The summed E-state index contributed by atoms with van der Waals surface area (Å²) in [5.74, 6) is -0.0508. The van der Waals surface area contributed by atoms with E-state index in [4.69, 9.17) is 4.74 Å². The monoisotopic (exact) mass is 346 g/mol. The van der Waals surface area contributed by atoms with Crippen molar-refractivity contribution in [2.24, 2.45) is 5.92 Å². The molecule has 2 fully saturated rings. The summed E-state index contributed by atoms with van der Waals surface area (Å²) in [6, 6.07) is 6.49. The van der Waals surface area contributed by atoms with Crippen molar-refractivity contribution in [3.05, 3.63) is 29.8 Å². The van der Waals surface area contributed by atoms with Crippen LogP contribution in [0, 0.1) is 5.92 Å². The van der Waals surface area contributed by atoms with Crippen molar-refractivity contribution in [3.8, 4) is 0 Å². The first kappa shape index (κ1) is 17.7. The third-order valence-corrected chi connectivity index (χ3v) is 5.57. The third kappa shape index (κ3) is 3.95. The fourth-order valence-corrected chi connectivity index (χ4v) is 4.01. The molecule has 2 amide bonds. The van der Waals surface area contributed by atoms with Crippen LogP contribution >= 0.6 is 0 Å². The highest BCUT2D eigenvalue weighted by Crippen LogP contribution is 2.40. The molecule has 3 rings (SSSR count). The van der Waals surface area contributed by atoms with E-state index in [1.807, 2.05) is 0 Å². The van der Waals surface area contributed by atoms with Gasteiger partial charge in [0, 0.05) is 18.8 Å². The Balaban J connectivity index is 1.57. The van der Waals surface area contributed by atoms with Gasteiger partial charge in [-0.1, -0.05) is 18.9 Å². The number of urea groups is 1. The molecule has 1 aliphatic carbocycles. The summed E-state index contributed by atoms with van der Waals surface area (Å²) < 4.78 is 4.69. The van der Waals surface area contributed by atoms with Gasteiger partial charge in [-0.25, -0.2) is 9.59 Å². The maximum absolute atomic E-state index is 12.5. The molecular weight excluding hydrogens is 320 g/mol. The van der Waals surface area contributed by atoms with Gasteiger partial charge >= 0.3 is 12.0 Å². The van der Waals surface area contributed by atoms with Gasteiger partial charge < -0.3 is 20.1 Å². The van der Waals surface area contributed by atoms with Gasteiger partial charge in [0.05, 0.1) is 18.3 Å². The maximum atomic E-state index is 12.5. The van der Waals surface area contributed by atoms with Crippen LogP contribution in [0.1, 0.15) is 48.9 Å². The molecule has 1 aromatic rings. The van der Waals surface area contributed by atoms with Gasteiger partial charge in [0.15, 0.2) is 0 Å². The predicted molar refractivity (Wildman–Crippen MR) is 94.5 cm³/mol. The molecule has 6 nitrogen and oxygen atoms in total. The minimum Gasteiger partial charge on any atom is -0.465 e. The first-order valence-corrected chi connectivity index (χ1v) is 8.98. The SMILES string of the molecule is COC(=O)c1cccc(NC(=O)N2CCC(O)(C3CCCC3)CC2)c1. The zero-order chi connectivity index (χ0) is 17.9. The summed E-state index contributed by atoms with van der Waals surface area (Å²) in [5, 5.41) is 13.7. The zero-order valence-electron chi connectivity index (χ0n) is 14.7. The second-order valence-electron chi connectivity index (χ2n) is 7.07. The van der Waals surface area contributed by atoms with E-state index in [1.54, 1.807) is 29.2 Å². The Morgan fingerprint density at radius 3 is 2.56 bits per heavy atom. The van der Waals surface area contributed by atoms with E-state index in [0.29, 0.717) is 43.1 Å². The summed E-state index contributed by atoms with van der Waals surface area (Å²) in [4.78, 5) is 25.8. The van der Waals surface area contributed by atoms with Crippen molar-refractivity contribution < 1.29 is 19.4 Å². The van der Waals surface area contributed by atoms with Crippen molar-refractivity contribution in [3.63, 3.8) is 0 Å². The summed E-state index contributed by atoms with van der Waals surface area (Å²) in [6.07, 6.45) is 5.87. The summed E-state index contributed by atoms with van der Waals surface area (Å²) in [5.41, 5.74) is 0.344. The number of rotatable bonds is 3. The number of piperidine rings is 1. The topological polar surface area (TPSA) is 78.9 Å². The Morgan fingerprint density at radius 2 is 1.92 bits per heavy atom. The first-order valence-electron chi connectivity index (χ1n) is 8.98. The molecule has 0 radical (unpaired) electrons. The number of esters is 1. The zero-order valence-corrected chi connectivity index (χ0v) is 14.7. The van der Waals surface area contributed by atoms with Crippen molar-refractivity contribution in [1.29, 1.82) is 0 Å². The number of aliphatic hydroxyl groups is 1. The molecular formula is C19H26N2O4. The van der Waals surface area contributed by atoms with Gasteiger partial charge in [0.1, 0.15) is 0 Å². The van der Waals surface area contributed by atoms with Crippen LogP contribution in [0.4, 0.5) is 10.5 Å². The molecule has 1 saturated heterocycles. The third-order valence-electron chi connectivity index (χ3n) is 5.57. The molecule has 0 bridgehead atoms. The van der Waals surface area contributed by atoms with E-state index in [0.717, 1.165) is 12.8 Å². The highest BCUT2D eigenvalue weighted by molar-refractivity contribution is 5.93. The number of nitrogens with one attached hydrogen (secondary N) is 1. The molecule has 0 aromatic heterocycles. The van der Waals surface area contributed by atoms with Crippen LogP contribution in [0.25, 0.3) is 0 Å². The molecule has 1 heterocycles. The lowest BCUT2D eigenvalue weighted by atomic mass is 9.78. The number of hydrogen-bond donors (Lipinski definition) is 2. The van der Waals surface area contributed by atoms with Gasteiger partial charge in [-0.2, -0.15) is 0 Å². The lowest BCUT2D eigenvalue weighted by Gasteiger charge is -2.41. The molecule has 0 atom stereocenters. The number of hydrogen-bond acceptors (Lipinski definition) is 4. The minimum absolute atomic E-state index is 0.199. The molecule has 2 aliphatic rings. The predicted octanol–water partition coefficient (Wildman–Crippen LogP) is 3.02. The Kier molecular flexibility index (Phi) is 5.27. The number of carbonyl (C=O) groups is 2. The molecule has 1 aromatic carbocycles.